The van der Waals surface area contributed by atoms with Gasteiger partial charge in [0.1, 0.15) is 0 Å². The molecule has 3 atom stereocenters. The second-order valence-corrected chi connectivity index (χ2v) is 7.89. The van der Waals surface area contributed by atoms with Crippen LogP contribution >= 0.6 is 0 Å². The van der Waals surface area contributed by atoms with Gasteiger partial charge in [-0.1, -0.05) is 91.0 Å². The Morgan fingerprint density at radius 2 is 1.17 bits per heavy atom. The van der Waals surface area contributed by atoms with Gasteiger partial charge in [-0.25, -0.2) is 4.99 Å². The number of benzene rings is 3. The largest absolute Gasteiger partial charge is 0.394 e. The standard InChI is InChI=1S/C26H29N3O/c1-28-24(21-14-8-4-9-15-21)25(22-16-10-5-11-17-22)29(2)26(28)27-23(19-30)18-20-12-6-3-7-13-20/h3-17,23-25,30H,18-19H2,1-2H3/t23-,24+,25+/m1/s1. The molecular weight excluding hydrogens is 370 g/mol. The van der Waals surface area contributed by atoms with Gasteiger partial charge in [-0.3, -0.25) is 0 Å². The van der Waals surface area contributed by atoms with E-state index in [1.54, 1.807) is 0 Å². The fraction of sp³-hybridized carbons (Fsp3) is 0.269. The van der Waals surface area contributed by atoms with Crippen LogP contribution in [0.5, 0.6) is 0 Å². The molecule has 4 heteroatoms. The highest BCUT2D eigenvalue weighted by Crippen LogP contribution is 2.43. The molecular formula is C26H29N3O. The Balaban J connectivity index is 1.70. The molecule has 0 radical (unpaired) electrons. The molecule has 30 heavy (non-hydrogen) atoms. The minimum absolute atomic E-state index is 0.0199. The first kappa shape index (κ1) is 20.2. The number of hydrogen-bond acceptors (Lipinski definition) is 2. The summed E-state index contributed by atoms with van der Waals surface area (Å²) >= 11 is 0. The van der Waals surface area contributed by atoms with Crippen molar-refractivity contribution in [3.63, 3.8) is 0 Å². The molecule has 1 aliphatic rings. The second kappa shape index (κ2) is 9.14. The SMILES string of the molecule is CN1C(=N[C@@H](CO)Cc2ccccc2)N(C)[C@@H](c2ccccc2)[C@@H]1c1ccccc1. The summed E-state index contributed by atoms with van der Waals surface area (Å²) in [6.45, 7) is 0.0199. The maximum atomic E-state index is 10.0. The van der Waals surface area contributed by atoms with Crippen LogP contribution in [-0.2, 0) is 6.42 Å². The van der Waals surface area contributed by atoms with E-state index in [1.165, 1.54) is 16.7 Å². The predicted octanol–water partition coefficient (Wildman–Crippen LogP) is 4.31. The Morgan fingerprint density at radius 1 is 0.733 bits per heavy atom. The fourth-order valence-electron chi connectivity index (χ4n) is 4.42. The van der Waals surface area contributed by atoms with Crippen molar-refractivity contribution in [2.45, 2.75) is 24.5 Å². The minimum atomic E-state index is -0.182. The van der Waals surface area contributed by atoms with Crippen molar-refractivity contribution in [3.8, 4) is 0 Å². The summed E-state index contributed by atoms with van der Waals surface area (Å²) in [5.41, 5.74) is 3.70. The highest BCUT2D eigenvalue weighted by Gasteiger charge is 2.42. The van der Waals surface area contributed by atoms with Crippen LogP contribution in [-0.4, -0.2) is 47.6 Å². The molecule has 0 aromatic heterocycles. The topological polar surface area (TPSA) is 39.1 Å². The van der Waals surface area contributed by atoms with Crippen molar-refractivity contribution in [2.75, 3.05) is 20.7 Å². The van der Waals surface area contributed by atoms with E-state index in [0.717, 1.165) is 5.96 Å². The summed E-state index contributed by atoms with van der Waals surface area (Å²) in [4.78, 5) is 9.52. The third kappa shape index (κ3) is 4.10. The number of likely N-dealkylation sites (N-methyl/N-ethyl adjacent to an activating group) is 2. The molecule has 3 aromatic carbocycles. The number of rotatable bonds is 6. The van der Waals surface area contributed by atoms with Gasteiger partial charge in [0.15, 0.2) is 5.96 Å². The van der Waals surface area contributed by atoms with Gasteiger partial charge in [0.2, 0.25) is 0 Å². The van der Waals surface area contributed by atoms with Crippen LogP contribution in [0.1, 0.15) is 28.8 Å². The van der Waals surface area contributed by atoms with E-state index in [9.17, 15) is 5.11 Å². The third-order valence-corrected chi connectivity index (χ3v) is 5.87. The molecule has 0 unspecified atom stereocenters. The number of nitrogens with zero attached hydrogens (tertiary/aromatic N) is 3. The lowest BCUT2D eigenvalue weighted by molar-refractivity contribution is 0.264. The van der Waals surface area contributed by atoms with Crippen molar-refractivity contribution in [1.29, 1.82) is 0 Å². The molecule has 4 nitrogen and oxygen atoms in total. The van der Waals surface area contributed by atoms with Crippen LogP contribution in [0.2, 0.25) is 0 Å². The number of aliphatic imine (C=N–C) groups is 1. The maximum Gasteiger partial charge on any atom is 0.197 e. The van der Waals surface area contributed by atoms with E-state index >= 15 is 0 Å². The van der Waals surface area contributed by atoms with Crippen molar-refractivity contribution >= 4 is 5.96 Å². The molecule has 1 N–H and O–H groups in total. The van der Waals surface area contributed by atoms with E-state index in [0.29, 0.717) is 6.42 Å². The summed E-state index contributed by atoms with van der Waals surface area (Å²) in [5.74, 6) is 0.910. The van der Waals surface area contributed by atoms with Gasteiger partial charge in [0.25, 0.3) is 0 Å². The van der Waals surface area contributed by atoms with Crippen LogP contribution in [0, 0.1) is 0 Å². The molecule has 154 valence electrons. The van der Waals surface area contributed by atoms with Crippen LogP contribution in [0.25, 0.3) is 0 Å². The number of aliphatic hydroxyl groups is 1. The zero-order valence-electron chi connectivity index (χ0n) is 17.6. The Bertz CT molecular complexity index is 906. The quantitative estimate of drug-likeness (QED) is 0.671. The van der Waals surface area contributed by atoms with E-state index in [4.69, 9.17) is 4.99 Å². The summed E-state index contributed by atoms with van der Waals surface area (Å²) in [7, 11) is 4.21. The first-order valence-electron chi connectivity index (χ1n) is 10.5. The van der Waals surface area contributed by atoms with Crippen LogP contribution < -0.4 is 0 Å². The molecule has 1 saturated heterocycles. The Labute approximate surface area is 179 Å². The van der Waals surface area contributed by atoms with Gasteiger partial charge < -0.3 is 14.9 Å². The smallest absolute Gasteiger partial charge is 0.197 e. The molecule has 0 amide bonds. The van der Waals surface area contributed by atoms with Gasteiger partial charge >= 0.3 is 0 Å². The van der Waals surface area contributed by atoms with Gasteiger partial charge in [-0.2, -0.15) is 0 Å². The number of guanidine groups is 1. The first-order valence-corrected chi connectivity index (χ1v) is 10.5. The third-order valence-electron chi connectivity index (χ3n) is 5.87. The summed E-state index contributed by atoms with van der Waals surface area (Å²) in [5, 5.41) is 10.0. The van der Waals surface area contributed by atoms with Gasteiger partial charge in [0.05, 0.1) is 24.7 Å². The first-order chi connectivity index (χ1) is 14.7. The normalized spacial score (nSPS) is 19.8. The van der Waals surface area contributed by atoms with Gasteiger partial charge in [-0.15, -0.1) is 0 Å². The molecule has 0 bridgehead atoms. The molecule has 0 saturated carbocycles. The predicted molar refractivity (Wildman–Crippen MR) is 122 cm³/mol. The lowest BCUT2D eigenvalue weighted by Crippen LogP contribution is -2.32. The summed E-state index contributed by atoms with van der Waals surface area (Å²) in [6.07, 6.45) is 0.717. The van der Waals surface area contributed by atoms with E-state index < -0.39 is 0 Å². The van der Waals surface area contributed by atoms with Crippen molar-refractivity contribution in [1.82, 2.24) is 9.80 Å². The Morgan fingerprint density at radius 3 is 1.60 bits per heavy atom. The summed E-state index contributed by atoms with van der Waals surface area (Å²) in [6, 6.07) is 31.5. The maximum absolute atomic E-state index is 10.0. The lowest BCUT2D eigenvalue weighted by Gasteiger charge is -2.26. The highest BCUT2D eigenvalue weighted by molar-refractivity contribution is 5.83. The van der Waals surface area contributed by atoms with E-state index in [-0.39, 0.29) is 24.7 Å². The van der Waals surface area contributed by atoms with Crippen molar-refractivity contribution < 1.29 is 5.11 Å². The molecule has 1 heterocycles. The monoisotopic (exact) mass is 399 g/mol. The molecule has 0 spiro atoms. The average molecular weight is 400 g/mol. The average Bonchev–Trinajstić information content (AvgIpc) is 3.05. The van der Waals surface area contributed by atoms with Crippen molar-refractivity contribution in [3.05, 3.63) is 108 Å². The summed E-state index contributed by atoms with van der Waals surface area (Å²) < 4.78 is 0. The van der Waals surface area contributed by atoms with Crippen LogP contribution in [0.4, 0.5) is 0 Å². The Kier molecular flexibility index (Phi) is 6.15. The van der Waals surface area contributed by atoms with Gasteiger partial charge in [-0.05, 0) is 23.1 Å². The number of aliphatic hydroxyl groups excluding tert-OH is 1. The zero-order chi connectivity index (χ0) is 20.9. The molecule has 4 rings (SSSR count). The highest BCUT2D eigenvalue weighted by atomic mass is 16.3. The number of hydrogen-bond donors (Lipinski definition) is 1. The van der Waals surface area contributed by atoms with Crippen LogP contribution in [0.15, 0.2) is 96.0 Å². The zero-order valence-corrected chi connectivity index (χ0v) is 17.6. The Hall–Kier alpha value is -3.11. The van der Waals surface area contributed by atoms with E-state index in [1.807, 2.05) is 18.2 Å². The van der Waals surface area contributed by atoms with Crippen molar-refractivity contribution in [2.24, 2.45) is 4.99 Å². The molecule has 1 fully saturated rings. The lowest BCUT2D eigenvalue weighted by atomic mass is 9.93. The van der Waals surface area contributed by atoms with E-state index in [2.05, 4.69) is 96.7 Å². The van der Waals surface area contributed by atoms with Gasteiger partial charge in [0, 0.05) is 14.1 Å². The van der Waals surface area contributed by atoms with Crippen LogP contribution in [0.3, 0.4) is 0 Å². The molecule has 1 aliphatic heterocycles. The fourth-order valence-corrected chi connectivity index (χ4v) is 4.42. The molecule has 0 aliphatic carbocycles. The minimum Gasteiger partial charge on any atom is -0.394 e. The molecule has 3 aromatic rings. The second-order valence-electron chi connectivity index (χ2n) is 7.89.